The Bertz CT molecular complexity index is 599. The smallest absolute Gasteiger partial charge is 0.307 e. The van der Waals surface area contributed by atoms with E-state index >= 15 is 0 Å². The Balaban J connectivity index is 2.10. The summed E-state index contributed by atoms with van der Waals surface area (Å²) in [6.45, 7) is 0. The highest BCUT2D eigenvalue weighted by Crippen LogP contribution is 2.21. The lowest BCUT2D eigenvalue weighted by Gasteiger charge is -2.05. The molecule has 0 saturated carbocycles. The number of ether oxygens (including phenoxy) is 1. The number of aromatic nitrogens is 1. The van der Waals surface area contributed by atoms with Gasteiger partial charge in [0.2, 0.25) is 5.88 Å². The van der Waals surface area contributed by atoms with Gasteiger partial charge in [0.15, 0.2) is 11.6 Å². The summed E-state index contributed by atoms with van der Waals surface area (Å²) < 4.78 is 30.9. The van der Waals surface area contributed by atoms with Crippen LogP contribution in [0, 0.1) is 11.6 Å². The molecule has 98 valence electrons. The number of pyridine rings is 1. The van der Waals surface area contributed by atoms with Gasteiger partial charge < -0.3 is 9.84 Å². The molecule has 6 heteroatoms. The molecule has 0 aliphatic rings. The zero-order valence-corrected chi connectivity index (χ0v) is 9.64. The molecule has 4 nitrogen and oxygen atoms in total. The predicted molar refractivity (Wildman–Crippen MR) is 62.0 cm³/mol. The van der Waals surface area contributed by atoms with Gasteiger partial charge in [-0.2, -0.15) is 0 Å². The Hall–Kier alpha value is -2.50. The summed E-state index contributed by atoms with van der Waals surface area (Å²) in [5, 5.41) is 8.59. The molecule has 0 aliphatic carbocycles. The summed E-state index contributed by atoms with van der Waals surface area (Å²) in [4.78, 5) is 14.4. The fraction of sp³-hybridized carbons (Fsp3) is 0.0769. The molecule has 2 rings (SSSR count). The summed E-state index contributed by atoms with van der Waals surface area (Å²) in [6.07, 6.45) is 1.21. The molecule has 0 bridgehead atoms. The van der Waals surface area contributed by atoms with Gasteiger partial charge in [-0.25, -0.2) is 13.8 Å². The van der Waals surface area contributed by atoms with Crippen molar-refractivity contribution >= 4 is 5.97 Å². The summed E-state index contributed by atoms with van der Waals surface area (Å²) in [5.74, 6) is -2.66. The second kappa shape index (κ2) is 5.43. The number of rotatable bonds is 4. The van der Waals surface area contributed by atoms with Gasteiger partial charge in [-0.05, 0) is 17.7 Å². The maximum atomic E-state index is 12.9. The van der Waals surface area contributed by atoms with Gasteiger partial charge in [0.25, 0.3) is 0 Å². The Morgan fingerprint density at radius 2 is 2.00 bits per heavy atom. The van der Waals surface area contributed by atoms with Gasteiger partial charge in [0.05, 0.1) is 6.42 Å². The van der Waals surface area contributed by atoms with Gasteiger partial charge in [-0.3, -0.25) is 4.79 Å². The molecule has 0 unspecified atom stereocenters. The lowest BCUT2D eigenvalue weighted by Crippen LogP contribution is -2.00. The van der Waals surface area contributed by atoms with E-state index in [4.69, 9.17) is 9.84 Å². The maximum absolute atomic E-state index is 12.9. The third kappa shape index (κ3) is 3.48. The number of aliphatic carboxylic acids is 1. The van der Waals surface area contributed by atoms with Gasteiger partial charge in [-0.15, -0.1) is 0 Å². The fourth-order valence-electron chi connectivity index (χ4n) is 1.41. The minimum absolute atomic E-state index is 0.109. The molecule has 0 radical (unpaired) electrons. The molecule has 0 saturated heterocycles. The molecule has 1 aromatic heterocycles. The Labute approximate surface area is 107 Å². The van der Waals surface area contributed by atoms with Gasteiger partial charge in [0, 0.05) is 18.3 Å². The molecule has 1 N–H and O–H groups in total. The van der Waals surface area contributed by atoms with Crippen LogP contribution in [0.3, 0.4) is 0 Å². The normalized spacial score (nSPS) is 10.2. The van der Waals surface area contributed by atoms with Crippen molar-refractivity contribution in [1.29, 1.82) is 0 Å². The van der Waals surface area contributed by atoms with Crippen molar-refractivity contribution < 1.29 is 23.4 Å². The molecule has 0 amide bonds. The Morgan fingerprint density at radius 1 is 1.21 bits per heavy atom. The number of carboxylic acid groups (broad SMARTS) is 1. The van der Waals surface area contributed by atoms with E-state index in [0.29, 0.717) is 5.56 Å². The van der Waals surface area contributed by atoms with E-state index in [1.54, 1.807) is 0 Å². The lowest BCUT2D eigenvalue weighted by atomic mass is 10.2. The van der Waals surface area contributed by atoms with Gasteiger partial charge >= 0.3 is 5.97 Å². The maximum Gasteiger partial charge on any atom is 0.307 e. The fourth-order valence-corrected chi connectivity index (χ4v) is 1.41. The van der Waals surface area contributed by atoms with E-state index in [1.807, 2.05) is 0 Å². The number of carboxylic acids is 1. The van der Waals surface area contributed by atoms with E-state index in [1.165, 1.54) is 24.4 Å². The summed E-state index contributed by atoms with van der Waals surface area (Å²) in [6, 6.07) is 6.12. The van der Waals surface area contributed by atoms with Crippen LogP contribution in [0.25, 0.3) is 0 Å². The third-order valence-electron chi connectivity index (χ3n) is 2.27. The van der Waals surface area contributed by atoms with Crippen LogP contribution >= 0.6 is 0 Å². The summed E-state index contributed by atoms with van der Waals surface area (Å²) >= 11 is 0. The summed E-state index contributed by atoms with van der Waals surface area (Å²) in [7, 11) is 0. The first-order valence-electron chi connectivity index (χ1n) is 5.34. The highest BCUT2D eigenvalue weighted by atomic mass is 19.2. The van der Waals surface area contributed by atoms with Crippen LogP contribution in [-0.4, -0.2) is 16.1 Å². The topological polar surface area (TPSA) is 59.4 Å². The molecular weight excluding hydrogens is 256 g/mol. The number of benzene rings is 1. The highest BCUT2D eigenvalue weighted by Gasteiger charge is 2.06. The van der Waals surface area contributed by atoms with Gasteiger partial charge in [0.1, 0.15) is 5.75 Å². The van der Waals surface area contributed by atoms with Crippen LogP contribution in [0.1, 0.15) is 5.56 Å². The molecule has 2 aromatic rings. The monoisotopic (exact) mass is 265 g/mol. The van der Waals surface area contributed by atoms with Crippen molar-refractivity contribution in [1.82, 2.24) is 4.98 Å². The minimum Gasteiger partial charge on any atom is -0.481 e. The van der Waals surface area contributed by atoms with Crippen molar-refractivity contribution in [2.45, 2.75) is 6.42 Å². The Morgan fingerprint density at radius 3 is 2.58 bits per heavy atom. The molecular formula is C13H9F2NO3. The molecule has 0 spiro atoms. The second-order valence-electron chi connectivity index (χ2n) is 3.75. The van der Waals surface area contributed by atoms with Crippen LogP contribution in [-0.2, 0) is 11.2 Å². The number of hydrogen-bond donors (Lipinski definition) is 1. The van der Waals surface area contributed by atoms with Crippen LogP contribution in [0.15, 0.2) is 36.5 Å². The van der Waals surface area contributed by atoms with Crippen molar-refractivity contribution in [3.8, 4) is 11.6 Å². The zero-order valence-electron chi connectivity index (χ0n) is 9.64. The van der Waals surface area contributed by atoms with E-state index in [0.717, 1.165) is 12.1 Å². The SMILES string of the molecule is O=C(O)Cc1ccc(Oc2ccc(F)c(F)c2)nc1. The molecule has 1 aromatic carbocycles. The summed E-state index contributed by atoms with van der Waals surface area (Å²) in [5.41, 5.74) is 0.519. The van der Waals surface area contributed by atoms with Crippen LogP contribution < -0.4 is 4.74 Å². The first-order valence-corrected chi connectivity index (χ1v) is 5.34. The quantitative estimate of drug-likeness (QED) is 0.923. The van der Waals surface area contributed by atoms with E-state index in [2.05, 4.69) is 4.98 Å². The predicted octanol–water partition coefficient (Wildman–Crippen LogP) is 2.78. The third-order valence-corrected chi connectivity index (χ3v) is 2.27. The van der Waals surface area contributed by atoms with Crippen LogP contribution in [0.5, 0.6) is 11.6 Å². The van der Waals surface area contributed by atoms with E-state index in [9.17, 15) is 13.6 Å². The van der Waals surface area contributed by atoms with Crippen molar-refractivity contribution in [2.75, 3.05) is 0 Å². The second-order valence-corrected chi connectivity index (χ2v) is 3.75. The van der Waals surface area contributed by atoms with Crippen molar-refractivity contribution in [2.24, 2.45) is 0 Å². The van der Waals surface area contributed by atoms with Crippen LogP contribution in [0.4, 0.5) is 8.78 Å². The first-order chi connectivity index (χ1) is 9.04. The van der Waals surface area contributed by atoms with Gasteiger partial charge in [-0.1, -0.05) is 6.07 Å². The Kier molecular flexibility index (Phi) is 3.70. The average Bonchev–Trinajstić information content (AvgIpc) is 2.36. The molecule has 0 atom stereocenters. The first kappa shape index (κ1) is 12.9. The molecule has 0 aliphatic heterocycles. The largest absolute Gasteiger partial charge is 0.481 e. The average molecular weight is 265 g/mol. The van der Waals surface area contributed by atoms with E-state index in [-0.39, 0.29) is 18.1 Å². The number of halogens is 2. The van der Waals surface area contributed by atoms with Crippen LogP contribution in [0.2, 0.25) is 0 Å². The molecule has 0 fully saturated rings. The lowest BCUT2D eigenvalue weighted by molar-refractivity contribution is -0.136. The number of hydrogen-bond acceptors (Lipinski definition) is 3. The van der Waals surface area contributed by atoms with Crippen molar-refractivity contribution in [3.05, 3.63) is 53.7 Å². The van der Waals surface area contributed by atoms with Crippen molar-refractivity contribution in [3.63, 3.8) is 0 Å². The minimum atomic E-state index is -1.01. The van der Waals surface area contributed by atoms with E-state index < -0.39 is 17.6 Å². The molecule has 1 heterocycles. The number of nitrogens with zero attached hydrogens (tertiary/aromatic N) is 1. The zero-order chi connectivity index (χ0) is 13.8. The highest BCUT2D eigenvalue weighted by molar-refractivity contribution is 5.70. The number of carbonyl (C=O) groups is 1. The molecule has 19 heavy (non-hydrogen) atoms. The standard InChI is InChI=1S/C13H9F2NO3/c14-10-3-2-9(6-11(10)15)19-12-4-1-8(7-16-12)5-13(17)18/h1-4,6-7H,5H2,(H,17,18).